The number of aryl methyl sites for hydroxylation is 1. The number of fused-ring (bicyclic) bond motifs is 1. The van der Waals surface area contributed by atoms with Gasteiger partial charge in [0.1, 0.15) is 12.1 Å². The molecule has 1 amide bonds. The third kappa shape index (κ3) is 5.20. The lowest BCUT2D eigenvalue weighted by Crippen LogP contribution is -2.46. The molecule has 0 aliphatic heterocycles. The first-order valence-corrected chi connectivity index (χ1v) is 9.88. The third-order valence-electron chi connectivity index (χ3n) is 5.10. The second-order valence-electron chi connectivity index (χ2n) is 7.69. The van der Waals surface area contributed by atoms with Crippen molar-refractivity contribution in [3.63, 3.8) is 0 Å². The minimum absolute atomic E-state index is 0.307. The largest absolute Gasteiger partial charge is 0.419 e. The zero-order valence-electron chi connectivity index (χ0n) is 18.1. The summed E-state index contributed by atoms with van der Waals surface area (Å²) in [5.41, 5.74) is 4.12. The highest BCUT2D eigenvalue weighted by Crippen LogP contribution is 2.24. The summed E-state index contributed by atoms with van der Waals surface area (Å²) in [6.07, 6.45) is -0.252. The van der Waals surface area contributed by atoms with Gasteiger partial charge in [0.2, 0.25) is 0 Å². The predicted molar refractivity (Wildman–Crippen MR) is 117 cm³/mol. The maximum atomic E-state index is 12.4. The number of likely N-dealkylation sites (N-methyl/N-ethyl adjacent to an activating group) is 1. The summed E-state index contributed by atoms with van der Waals surface area (Å²) in [5, 5.41) is 12.2. The molecule has 2 aromatic carbocycles. The topological polar surface area (TPSA) is 100 Å². The Kier molecular flexibility index (Phi) is 6.90. The molecule has 0 aliphatic rings. The van der Waals surface area contributed by atoms with Crippen molar-refractivity contribution >= 4 is 17.0 Å². The number of hydrogen-bond acceptors (Lipinski definition) is 6. The van der Waals surface area contributed by atoms with Crippen LogP contribution < -0.4 is 11.1 Å². The molecule has 0 spiro atoms. The van der Waals surface area contributed by atoms with E-state index >= 15 is 0 Å². The van der Waals surface area contributed by atoms with E-state index in [0.29, 0.717) is 18.5 Å². The monoisotopic (exact) mass is 422 g/mol. The van der Waals surface area contributed by atoms with Crippen LogP contribution in [0, 0.1) is 11.3 Å². The number of nitrogens with one attached hydrogen (secondary N) is 1. The summed E-state index contributed by atoms with van der Waals surface area (Å²) in [4.78, 5) is 25.9. The number of nitriles is 1. The number of benzene rings is 2. The highest BCUT2D eigenvalue weighted by atomic mass is 16.5. The molecule has 0 unspecified atom stereocenters. The van der Waals surface area contributed by atoms with Crippen LogP contribution in [0.4, 0.5) is 0 Å². The second kappa shape index (κ2) is 9.60. The van der Waals surface area contributed by atoms with Crippen LogP contribution in [0.2, 0.25) is 0 Å². The molecule has 0 bridgehead atoms. The molecule has 0 saturated carbocycles. The van der Waals surface area contributed by atoms with E-state index in [-0.39, 0.29) is 5.91 Å². The van der Waals surface area contributed by atoms with Crippen LogP contribution in [-0.4, -0.2) is 55.3 Å². The summed E-state index contributed by atoms with van der Waals surface area (Å²) in [7, 11) is 6.86. The van der Waals surface area contributed by atoms with E-state index in [9.17, 15) is 14.9 Å². The number of hydrogen-bond donors (Lipinski definition) is 1. The van der Waals surface area contributed by atoms with Crippen molar-refractivity contribution in [2.75, 3.05) is 27.7 Å². The molecule has 3 rings (SSSR count). The van der Waals surface area contributed by atoms with Crippen molar-refractivity contribution in [2.24, 2.45) is 7.05 Å². The van der Waals surface area contributed by atoms with Crippen molar-refractivity contribution in [3.8, 4) is 17.2 Å². The predicted octanol–water partition coefficient (Wildman–Crippen LogP) is 1.93. The molecule has 0 saturated heterocycles. The van der Waals surface area contributed by atoms with Gasteiger partial charge in [0, 0.05) is 27.1 Å². The number of ether oxygens (including phenoxy) is 1. The van der Waals surface area contributed by atoms with E-state index < -0.39 is 17.9 Å². The van der Waals surface area contributed by atoms with Crippen molar-refractivity contribution in [1.29, 1.82) is 5.26 Å². The van der Waals surface area contributed by atoms with Gasteiger partial charge in [0.15, 0.2) is 5.58 Å². The maximum absolute atomic E-state index is 12.4. The SMILES string of the molecule is CO[C@H](CN(C)C)C(=O)N[C@H](C#N)Cc1ccc(-c2ccc3oc(=O)n(C)c3c2)cc1. The Morgan fingerprint density at radius 1 is 1.23 bits per heavy atom. The van der Waals surface area contributed by atoms with Gasteiger partial charge in [-0.1, -0.05) is 30.3 Å². The number of aromatic nitrogens is 1. The lowest BCUT2D eigenvalue weighted by atomic mass is 10.0. The molecule has 31 heavy (non-hydrogen) atoms. The molecule has 0 fully saturated rings. The van der Waals surface area contributed by atoms with Crippen LogP contribution in [0.3, 0.4) is 0 Å². The van der Waals surface area contributed by atoms with Gasteiger partial charge < -0.3 is 19.4 Å². The Morgan fingerprint density at radius 3 is 2.52 bits per heavy atom. The molecular formula is C23H26N4O4. The van der Waals surface area contributed by atoms with E-state index in [1.54, 1.807) is 13.1 Å². The van der Waals surface area contributed by atoms with Crippen LogP contribution in [0.1, 0.15) is 5.56 Å². The van der Waals surface area contributed by atoms with Crippen LogP contribution >= 0.6 is 0 Å². The van der Waals surface area contributed by atoms with Gasteiger partial charge >= 0.3 is 5.76 Å². The van der Waals surface area contributed by atoms with Crippen LogP contribution in [0.15, 0.2) is 51.7 Å². The summed E-state index contributed by atoms with van der Waals surface area (Å²) in [6, 6.07) is 14.8. The molecule has 2 atom stereocenters. The molecule has 1 aromatic heterocycles. The summed E-state index contributed by atoms with van der Waals surface area (Å²) in [5.74, 6) is -0.702. The first kappa shape index (κ1) is 22.3. The Labute approximate surface area is 180 Å². The van der Waals surface area contributed by atoms with Crippen LogP contribution in [0.5, 0.6) is 0 Å². The number of carbonyl (C=O) groups is 1. The maximum Gasteiger partial charge on any atom is 0.419 e. The normalized spacial score (nSPS) is 13.2. The fourth-order valence-corrected chi connectivity index (χ4v) is 3.36. The average Bonchev–Trinajstić information content (AvgIpc) is 3.04. The van der Waals surface area contributed by atoms with Crippen molar-refractivity contribution < 1.29 is 13.9 Å². The lowest BCUT2D eigenvalue weighted by Gasteiger charge is -2.21. The van der Waals surface area contributed by atoms with Gasteiger partial charge in [0.25, 0.3) is 5.91 Å². The fraction of sp³-hybridized carbons (Fsp3) is 0.348. The summed E-state index contributed by atoms with van der Waals surface area (Å²) < 4.78 is 11.9. The van der Waals surface area contributed by atoms with E-state index in [1.165, 1.54) is 11.7 Å². The van der Waals surface area contributed by atoms with E-state index in [2.05, 4.69) is 11.4 Å². The Bertz CT molecular complexity index is 1160. The molecule has 0 radical (unpaired) electrons. The zero-order valence-corrected chi connectivity index (χ0v) is 18.1. The first-order chi connectivity index (χ1) is 14.8. The molecule has 0 aliphatic carbocycles. The first-order valence-electron chi connectivity index (χ1n) is 9.88. The van der Waals surface area contributed by atoms with Crippen molar-refractivity contribution in [2.45, 2.75) is 18.6 Å². The quantitative estimate of drug-likeness (QED) is 0.595. The fourth-order valence-electron chi connectivity index (χ4n) is 3.36. The number of methoxy groups -OCH3 is 1. The average molecular weight is 422 g/mol. The zero-order chi connectivity index (χ0) is 22.5. The van der Waals surface area contributed by atoms with Gasteiger partial charge in [-0.25, -0.2) is 4.79 Å². The van der Waals surface area contributed by atoms with Crippen LogP contribution in [0.25, 0.3) is 22.2 Å². The second-order valence-corrected chi connectivity index (χ2v) is 7.69. The molecule has 3 aromatic rings. The minimum atomic E-state index is -0.657. The molecule has 8 heteroatoms. The number of nitrogens with zero attached hydrogens (tertiary/aromatic N) is 3. The minimum Gasteiger partial charge on any atom is -0.408 e. The van der Waals surface area contributed by atoms with Gasteiger partial charge in [0.05, 0.1) is 11.6 Å². The lowest BCUT2D eigenvalue weighted by molar-refractivity contribution is -0.132. The van der Waals surface area contributed by atoms with E-state index in [0.717, 1.165) is 22.2 Å². The summed E-state index contributed by atoms with van der Waals surface area (Å²) in [6.45, 7) is 0.432. The molecule has 162 valence electrons. The van der Waals surface area contributed by atoms with E-state index in [4.69, 9.17) is 9.15 Å². The van der Waals surface area contributed by atoms with E-state index in [1.807, 2.05) is 55.4 Å². The Morgan fingerprint density at radius 2 is 1.90 bits per heavy atom. The summed E-state index contributed by atoms with van der Waals surface area (Å²) >= 11 is 0. The van der Waals surface area contributed by atoms with Crippen LogP contribution in [-0.2, 0) is 23.0 Å². The number of oxazole rings is 1. The Balaban J connectivity index is 1.71. The van der Waals surface area contributed by atoms with Gasteiger partial charge in [-0.3, -0.25) is 9.36 Å². The molecular weight excluding hydrogens is 396 g/mol. The molecule has 1 N–H and O–H groups in total. The Hall–Kier alpha value is -3.41. The van der Waals surface area contributed by atoms with Crippen molar-refractivity contribution in [1.82, 2.24) is 14.8 Å². The van der Waals surface area contributed by atoms with Gasteiger partial charge in [-0.2, -0.15) is 5.26 Å². The van der Waals surface area contributed by atoms with Crippen molar-refractivity contribution in [3.05, 3.63) is 58.6 Å². The molecule has 8 nitrogen and oxygen atoms in total. The number of carbonyl (C=O) groups excluding carboxylic acids is 1. The highest BCUT2D eigenvalue weighted by Gasteiger charge is 2.22. The third-order valence-corrected chi connectivity index (χ3v) is 5.10. The van der Waals surface area contributed by atoms with Gasteiger partial charge in [-0.15, -0.1) is 0 Å². The highest BCUT2D eigenvalue weighted by molar-refractivity contribution is 5.82. The van der Waals surface area contributed by atoms with Gasteiger partial charge in [-0.05, 0) is 42.9 Å². The number of rotatable bonds is 8. The number of amides is 1. The molecule has 1 heterocycles. The standard InChI is InChI=1S/C23H26N4O4/c1-26(2)14-21(30-4)22(28)25-18(13-24)11-15-5-7-16(8-6-15)17-9-10-20-19(12-17)27(3)23(29)31-20/h5-10,12,18,21H,11,14H2,1-4H3,(H,25,28)/t18-,21+/m0/s1. The smallest absolute Gasteiger partial charge is 0.408 e.